The van der Waals surface area contributed by atoms with Crippen LogP contribution in [0.25, 0.3) is 0 Å². The zero-order chi connectivity index (χ0) is 16.0. The van der Waals surface area contributed by atoms with Crippen LogP contribution in [0, 0.1) is 12.8 Å². The highest BCUT2D eigenvalue weighted by molar-refractivity contribution is 5.57. The molecule has 0 saturated carbocycles. The lowest BCUT2D eigenvalue weighted by Gasteiger charge is -2.22. The molecule has 21 heavy (non-hydrogen) atoms. The van der Waals surface area contributed by atoms with Gasteiger partial charge in [-0.15, -0.1) is 0 Å². The summed E-state index contributed by atoms with van der Waals surface area (Å²) < 4.78 is 0. The van der Waals surface area contributed by atoms with Gasteiger partial charge >= 0.3 is 0 Å². The van der Waals surface area contributed by atoms with Crippen LogP contribution >= 0.6 is 0 Å². The summed E-state index contributed by atoms with van der Waals surface area (Å²) in [5, 5.41) is 6.89. The van der Waals surface area contributed by atoms with E-state index in [0.717, 1.165) is 36.1 Å². The number of hydrogen-bond donors (Lipinski definition) is 2. The summed E-state index contributed by atoms with van der Waals surface area (Å²) in [5.74, 6) is 3.50. The Labute approximate surface area is 130 Å². The third-order valence-electron chi connectivity index (χ3n) is 3.87. The van der Waals surface area contributed by atoms with Gasteiger partial charge in [-0.25, -0.2) is 9.97 Å². The van der Waals surface area contributed by atoms with Crippen LogP contribution < -0.4 is 10.6 Å². The van der Waals surface area contributed by atoms with E-state index in [1.807, 2.05) is 0 Å². The molecule has 1 heterocycles. The van der Waals surface area contributed by atoms with Gasteiger partial charge in [0.05, 0.1) is 0 Å². The maximum Gasteiger partial charge on any atom is 0.138 e. The Kier molecular flexibility index (Phi) is 6.43. The van der Waals surface area contributed by atoms with Crippen molar-refractivity contribution in [3.8, 4) is 0 Å². The Balaban J connectivity index is 3.08. The van der Waals surface area contributed by atoms with Crippen molar-refractivity contribution in [3.05, 3.63) is 11.4 Å². The number of nitrogens with zero attached hydrogens (tertiary/aromatic N) is 2. The summed E-state index contributed by atoms with van der Waals surface area (Å²) in [4.78, 5) is 9.46. The van der Waals surface area contributed by atoms with Crippen molar-refractivity contribution in [2.24, 2.45) is 5.92 Å². The fourth-order valence-electron chi connectivity index (χ4n) is 2.18. The third-order valence-corrected chi connectivity index (χ3v) is 3.87. The van der Waals surface area contributed by atoms with Crippen molar-refractivity contribution >= 4 is 11.6 Å². The highest BCUT2D eigenvalue weighted by atomic mass is 15.1. The fraction of sp³-hybridized carbons (Fsp3) is 0.765. The summed E-state index contributed by atoms with van der Waals surface area (Å²) in [7, 11) is 0. The number of anilines is 2. The third kappa shape index (κ3) is 4.87. The largest absolute Gasteiger partial charge is 0.370 e. The SMILES string of the molecule is CCNc1nc(C(C)(C)C)nc(NCC(CC)CC)c1C. The van der Waals surface area contributed by atoms with Gasteiger partial charge in [0, 0.05) is 24.1 Å². The van der Waals surface area contributed by atoms with E-state index in [-0.39, 0.29) is 5.41 Å². The molecule has 0 spiro atoms. The highest BCUT2D eigenvalue weighted by Gasteiger charge is 2.21. The molecule has 0 saturated heterocycles. The minimum absolute atomic E-state index is 0.0524. The molecule has 120 valence electrons. The van der Waals surface area contributed by atoms with Crippen LogP contribution in [0.3, 0.4) is 0 Å². The molecule has 0 aliphatic heterocycles. The van der Waals surface area contributed by atoms with Crippen molar-refractivity contribution < 1.29 is 0 Å². The molecule has 0 radical (unpaired) electrons. The molecule has 1 aromatic rings. The Morgan fingerprint density at radius 2 is 1.48 bits per heavy atom. The van der Waals surface area contributed by atoms with Gasteiger partial charge in [0.2, 0.25) is 0 Å². The molecule has 0 aliphatic rings. The first-order chi connectivity index (χ1) is 9.83. The molecule has 0 aromatic carbocycles. The predicted molar refractivity (Wildman–Crippen MR) is 92.2 cm³/mol. The smallest absolute Gasteiger partial charge is 0.138 e. The van der Waals surface area contributed by atoms with Gasteiger partial charge in [-0.2, -0.15) is 0 Å². The highest BCUT2D eigenvalue weighted by Crippen LogP contribution is 2.26. The standard InChI is InChI=1S/C17H32N4/c1-8-13(9-2)11-19-15-12(4)14(18-10-3)20-16(21-15)17(5,6)7/h13H,8-11H2,1-7H3,(H2,18,19,20,21). The average Bonchev–Trinajstić information content (AvgIpc) is 2.42. The van der Waals surface area contributed by atoms with Crippen molar-refractivity contribution in [3.63, 3.8) is 0 Å². The van der Waals surface area contributed by atoms with Gasteiger partial charge in [0.1, 0.15) is 17.5 Å². The van der Waals surface area contributed by atoms with E-state index in [0.29, 0.717) is 5.92 Å². The van der Waals surface area contributed by atoms with Crippen LogP contribution in [0.5, 0.6) is 0 Å². The Bertz CT molecular complexity index is 445. The molecule has 4 heteroatoms. The number of rotatable bonds is 7. The molecular formula is C17H32N4. The molecule has 0 amide bonds. The first-order valence-corrected chi connectivity index (χ1v) is 8.20. The first-order valence-electron chi connectivity index (χ1n) is 8.20. The Morgan fingerprint density at radius 3 is 1.90 bits per heavy atom. The van der Waals surface area contributed by atoms with E-state index in [4.69, 9.17) is 9.97 Å². The van der Waals surface area contributed by atoms with Crippen LogP contribution in [0.2, 0.25) is 0 Å². The van der Waals surface area contributed by atoms with Crippen LogP contribution in [-0.4, -0.2) is 23.1 Å². The quantitative estimate of drug-likeness (QED) is 0.784. The van der Waals surface area contributed by atoms with Crippen molar-refractivity contribution in [1.29, 1.82) is 0 Å². The van der Waals surface area contributed by atoms with E-state index in [1.54, 1.807) is 0 Å². The Morgan fingerprint density at radius 1 is 0.952 bits per heavy atom. The summed E-state index contributed by atoms with van der Waals surface area (Å²) >= 11 is 0. The van der Waals surface area contributed by atoms with Crippen LogP contribution in [0.1, 0.15) is 65.8 Å². The van der Waals surface area contributed by atoms with Crippen LogP contribution in [-0.2, 0) is 5.41 Å². The van der Waals surface area contributed by atoms with Crippen molar-refractivity contribution in [2.45, 2.75) is 66.7 Å². The van der Waals surface area contributed by atoms with Gasteiger partial charge in [0.25, 0.3) is 0 Å². The van der Waals surface area contributed by atoms with E-state index in [1.165, 1.54) is 12.8 Å². The number of aromatic nitrogens is 2. The molecule has 0 bridgehead atoms. The minimum Gasteiger partial charge on any atom is -0.370 e. The van der Waals surface area contributed by atoms with Gasteiger partial charge in [-0.1, -0.05) is 47.5 Å². The van der Waals surface area contributed by atoms with E-state index in [2.05, 4.69) is 59.1 Å². The topological polar surface area (TPSA) is 49.8 Å². The molecule has 0 fully saturated rings. The zero-order valence-electron chi connectivity index (χ0n) is 14.8. The summed E-state index contributed by atoms with van der Waals surface area (Å²) in [6.45, 7) is 17.0. The summed E-state index contributed by atoms with van der Waals surface area (Å²) in [6.07, 6.45) is 2.39. The summed E-state index contributed by atoms with van der Waals surface area (Å²) in [6, 6.07) is 0. The minimum atomic E-state index is -0.0524. The predicted octanol–water partition coefficient (Wildman–Crippen LogP) is 4.36. The fourth-order valence-corrected chi connectivity index (χ4v) is 2.18. The monoisotopic (exact) mass is 292 g/mol. The van der Waals surface area contributed by atoms with Crippen LogP contribution in [0.4, 0.5) is 11.6 Å². The molecule has 1 rings (SSSR count). The van der Waals surface area contributed by atoms with Gasteiger partial charge in [-0.3, -0.25) is 0 Å². The van der Waals surface area contributed by atoms with Crippen molar-refractivity contribution in [1.82, 2.24) is 9.97 Å². The second-order valence-corrected chi connectivity index (χ2v) is 6.71. The lowest BCUT2D eigenvalue weighted by Crippen LogP contribution is -2.21. The van der Waals surface area contributed by atoms with E-state index in [9.17, 15) is 0 Å². The van der Waals surface area contributed by atoms with Crippen molar-refractivity contribution in [2.75, 3.05) is 23.7 Å². The van der Waals surface area contributed by atoms with Gasteiger partial charge < -0.3 is 10.6 Å². The molecular weight excluding hydrogens is 260 g/mol. The molecule has 1 aromatic heterocycles. The lowest BCUT2D eigenvalue weighted by molar-refractivity contribution is 0.516. The van der Waals surface area contributed by atoms with Gasteiger partial charge in [-0.05, 0) is 19.8 Å². The molecule has 0 aliphatic carbocycles. The number of nitrogens with one attached hydrogen (secondary N) is 2. The molecule has 0 atom stereocenters. The molecule has 2 N–H and O–H groups in total. The number of hydrogen-bond acceptors (Lipinski definition) is 4. The lowest BCUT2D eigenvalue weighted by atomic mass is 9.95. The molecule has 4 nitrogen and oxygen atoms in total. The van der Waals surface area contributed by atoms with E-state index < -0.39 is 0 Å². The second kappa shape index (κ2) is 7.62. The summed E-state index contributed by atoms with van der Waals surface area (Å²) in [5.41, 5.74) is 1.05. The maximum atomic E-state index is 4.76. The van der Waals surface area contributed by atoms with Gasteiger partial charge in [0.15, 0.2) is 0 Å². The van der Waals surface area contributed by atoms with E-state index >= 15 is 0 Å². The molecule has 0 unspecified atom stereocenters. The van der Waals surface area contributed by atoms with Crippen LogP contribution in [0.15, 0.2) is 0 Å². The first kappa shape index (κ1) is 17.7. The average molecular weight is 292 g/mol. The maximum absolute atomic E-state index is 4.76. The zero-order valence-corrected chi connectivity index (χ0v) is 14.8. The normalized spacial score (nSPS) is 11.8. The second-order valence-electron chi connectivity index (χ2n) is 6.71. The Hall–Kier alpha value is -1.32.